The Labute approximate surface area is 178 Å². The highest BCUT2D eigenvalue weighted by atomic mass is 32.2. The van der Waals surface area contributed by atoms with Crippen LogP contribution in [0.1, 0.15) is 17.2 Å². The Balaban J connectivity index is 0.00000124. The van der Waals surface area contributed by atoms with Gasteiger partial charge in [-0.1, -0.05) is 91.0 Å². The third-order valence-corrected chi connectivity index (χ3v) is 6.28. The van der Waals surface area contributed by atoms with Crippen LogP contribution in [0, 0.1) is 0 Å². The molecule has 0 amide bonds. The molecule has 0 fully saturated rings. The van der Waals surface area contributed by atoms with E-state index in [1.54, 1.807) is 12.1 Å². The fourth-order valence-corrected chi connectivity index (χ4v) is 4.61. The number of benzene rings is 4. The number of sulfonamides is 1. The highest BCUT2D eigenvalue weighted by Gasteiger charge is 2.22. The lowest BCUT2D eigenvalue weighted by molar-refractivity contribution is 0.555. The van der Waals surface area contributed by atoms with Gasteiger partial charge in [-0.05, 0) is 47.5 Å². The first-order valence-corrected chi connectivity index (χ1v) is 11.3. The van der Waals surface area contributed by atoms with Crippen molar-refractivity contribution in [3.8, 4) is 0 Å². The SMILES string of the molecule is CN.O=S(=O)(N[C@H](Cc1ccccc1)c1ccccc1)c1ccc2ccccc2c1. The van der Waals surface area contributed by atoms with Crippen LogP contribution in [0.5, 0.6) is 0 Å². The lowest BCUT2D eigenvalue weighted by Crippen LogP contribution is -2.30. The van der Waals surface area contributed by atoms with Crippen molar-refractivity contribution in [1.29, 1.82) is 0 Å². The average Bonchev–Trinajstić information content (AvgIpc) is 2.81. The van der Waals surface area contributed by atoms with Crippen LogP contribution in [-0.4, -0.2) is 15.5 Å². The largest absolute Gasteiger partial charge is 0.333 e. The van der Waals surface area contributed by atoms with E-state index in [9.17, 15) is 8.42 Å². The molecule has 0 spiro atoms. The average molecular weight is 419 g/mol. The van der Waals surface area contributed by atoms with Crippen molar-refractivity contribution in [3.05, 3.63) is 114 Å². The number of hydrogen-bond donors (Lipinski definition) is 2. The zero-order chi connectivity index (χ0) is 21.4. The Morgan fingerprint density at radius 3 is 1.97 bits per heavy atom. The number of nitrogens with two attached hydrogens (primary N) is 1. The van der Waals surface area contributed by atoms with Crippen LogP contribution >= 0.6 is 0 Å². The summed E-state index contributed by atoms with van der Waals surface area (Å²) in [5.41, 5.74) is 6.52. The molecule has 0 saturated carbocycles. The maximum absolute atomic E-state index is 13.1. The van der Waals surface area contributed by atoms with Crippen LogP contribution in [0.15, 0.2) is 108 Å². The van der Waals surface area contributed by atoms with E-state index >= 15 is 0 Å². The zero-order valence-corrected chi connectivity index (χ0v) is 17.7. The van der Waals surface area contributed by atoms with E-state index in [4.69, 9.17) is 0 Å². The molecule has 30 heavy (non-hydrogen) atoms. The van der Waals surface area contributed by atoms with Gasteiger partial charge in [0.25, 0.3) is 0 Å². The molecule has 0 aromatic heterocycles. The fraction of sp³-hybridized carbons (Fsp3) is 0.120. The predicted octanol–water partition coefficient (Wildman–Crippen LogP) is 4.68. The summed E-state index contributed by atoms with van der Waals surface area (Å²) in [5, 5.41) is 1.93. The number of fused-ring (bicyclic) bond motifs is 1. The number of hydrogen-bond acceptors (Lipinski definition) is 3. The molecule has 3 N–H and O–H groups in total. The molecule has 5 heteroatoms. The number of rotatable bonds is 6. The van der Waals surface area contributed by atoms with Crippen LogP contribution in [0.4, 0.5) is 0 Å². The van der Waals surface area contributed by atoms with Gasteiger partial charge in [-0.2, -0.15) is 0 Å². The van der Waals surface area contributed by atoms with Gasteiger partial charge in [0.2, 0.25) is 10.0 Å². The van der Waals surface area contributed by atoms with Gasteiger partial charge in [-0.25, -0.2) is 13.1 Å². The van der Waals surface area contributed by atoms with E-state index in [0.29, 0.717) is 6.42 Å². The van der Waals surface area contributed by atoms with E-state index < -0.39 is 10.0 Å². The molecule has 154 valence electrons. The van der Waals surface area contributed by atoms with Crippen molar-refractivity contribution in [3.63, 3.8) is 0 Å². The molecule has 0 aliphatic rings. The smallest absolute Gasteiger partial charge is 0.241 e. The molecule has 0 heterocycles. The van der Waals surface area contributed by atoms with Crippen molar-refractivity contribution < 1.29 is 8.42 Å². The monoisotopic (exact) mass is 418 g/mol. The van der Waals surface area contributed by atoms with Crippen LogP contribution in [-0.2, 0) is 16.4 Å². The molecule has 0 saturated heterocycles. The van der Waals surface area contributed by atoms with Crippen LogP contribution in [0.3, 0.4) is 0 Å². The lowest BCUT2D eigenvalue weighted by Gasteiger charge is -2.20. The highest BCUT2D eigenvalue weighted by Crippen LogP contribution is 2.24. The Morgan fingerprint density at radius 1 is 0.733 bits per heavy atom. The van der Waals surface area contributed by atoms with Crippen LogP contribution in [0.2, 0.25) is 0 Å². The Hall–Kier alpha value is -2.99. The second-order valence-electron chi connectivity index (χ2n) is 6.78. The molecule has 0 unspecified atom stereocenters. The van der Waals surface area contributed by atoms with E-state index in [0.717, 1.165) is 21.9 Å². The molecule has 0 aliphatic carbocycles. The summed E-state index contributed by atoms with van der Waals surface area (Å²) >= 11 is 0. The van der Waals surface area contributed by atoms with Crippen LogP contribution < -0.4 is 10.5 Å². The van der Waals surface area contributed by atoms with Crippen molar-refractivity contribution in [2.45, 2.75) is 17.4 Å². The van der Waals surface area contributed by atoms with Gasteiger partial charge >= 0.3 is 0 Å². The van der Waals surface area contributed by atoms with Crippen molar-refractivity contribution in [1.82, 2.24) is 4.72 Å². The van der Waals surface area contributed by atoms with Gasteiger partial charge in [-0.15, -0.1) is 0 Å². The van der Waals surface area contributed by atoms with Gasteiger partial charge in [0.15, 0.2) is 0 Å². The topological polar surface area (TPSA) is 72.2 Å². The molecule has 0 aliphatic heterocycles. The van der Waals surface area contributed by atoms with Crippen molar-refractivity contribution in [2.24, 2.45) is 5.73 Å². The van der Waals surface area contributed by atoms with Gasteiger partial charge < -0.3 is 5.73 Å². The van der Waals surface area contributed by atoms with Gasteiger partial charge in [-0.3, -0.25) is 0 Å². The van der Waals surface area contributed by atoms with Gasteiger partial charge in [0.05, 0.1) is 10.9 Å². The Morgan fingerprint density at radius 2 is 1.30 bits per heavy atom. The molecular weight excluding hydrogens is 392 g/mol. The summed E-state index contributed by atoms with van der Waals surface area (Å²) in [6.45, 7) is 0. The van der Waals surface area contributed by atoms with Crippen molar-refractivity contribution in [2.75, 3.05) is 7.05 Å². The summed E-state index contributed by atoms with van der Waals surface area (Å²) in [6, 6.07) is 32.3. The molecule has 0 bridgehead atoms. The van der Waals surface area contributed by atoms with E-state index in [1.807, 2.05) is 91.0 Å². The summed E-state index contributed by atoms with van der Waals surface area (Å²) in [4.78, 5) is 0.278. The summed E-state index contributed by atoms with van der Waals surface area (Å²) in [6.07, 6.45) is 0.581. The molecule has 0 radical (unpaired) electrons. The molecular formula is C25H26N2O2S. The second-order valence-corrected chi connectivity index (χ2v) is 8.50. The highest BCUT2D eigenvalue weighted by molar-refractivity contribution is 7.89. The van der Waals surface area contributed by atoms with Crippen molar-refractivity contribution >= 4 is 20.8 Å². The normalized spacial score (nSPS) is 12.1. The lowest BCUT2D eigenvalue weighted by atomic mass is 10.00. The quantitative estimate of drug-likeness (QED) is 0.478. The predicted molar refractivity (Wildman–Crippen MR) is 124 cm³/mol. The van der Waals surface area contributed by atoms with E-state index in [-0.39, 0.29) is 10.9 Å². The Kier molecular flexibility index (Phi) is 7.36. The first-order chi connectivity index (χ1) is 14.6. The zero-order valence-electron chi connectivity index (χ0n) is 16.9. The first kappa shape index (κ1) is 21.7. The summed E-state index contributed by atoms with van der Waals surface area (Å²) in [5.74, 6) is 0. The summed E-state index contributed by atoms with van der Waals surface area (Å²) < 4.78 is 29.2. The Bertz CT molecular complexity index is 1180. The molecule has 4 rings (SSSR count). The molecule has 1 atom stereocenters. The maximum atomic E-state index is 13.1. The van der Waals surface area contributed by atoms with E-state index in [2.05, 4.69) is 10.5 Å². The molecule has 4 aromatic carbocycles. The molecule has 4 aromatic rings. The number of nitrogens with one attached hydrogen (secondary N) is 1. The minimum Gasteiger partial charge on any atom is -0.333 e. The maximum Gasteiger partial charge on any atom is 0.241 e. The third-order valence-electron chi connectivity index (χ3n) is 4.81. The standard InChI is InChI=1S/C24H21NO2S.CH5N/c26-28(27,23-16-15-20-11-7-8-14-22(20)18-23)25-24(21-12-5-2-6-13-21)17-19-9-3-1-4-10-19;1-2/h1-16,18,24-25H,17H2;2H2,1H3/t24-;/m1./s1. The summed E-state index contributed by atoms with van der Waals surface area (Å²) in [7, 11) is -2.17. The first-order valence-electron chi connectivity index (χ1n) is 9.79. The van der Waals surface area contributed by atoms with Crippen LogP contribution in [0.25, 0.3) is 10.8 Å². The fourth-order valence-electron chi connectivity index (χ4n) is 3.35. The van der Waals surface area contributed by atoms with Gasteiger partial charge in [0.1, 0.15) is 0 Å². The van der Waals surface area contributed by atoms with Gasteiger partial charge in [0, 0.05) is 0 Å². The second kappa shape index (κ2) is 10.2. The minimum atomic E-state index is -3.67. The van der Waals surface area contributed by atoms with E-state index in [1.165, 1.54) is 7.05 Å². The minimum absolute atomic E-state index is 0.278. The molecule has 4 nitrogen and oxygen atoms in total. The third kappa shape index (κ3) is 5.33.